The lowest BCUT2D eigenvalue weighted by molar-refractivity contribution is -0.134. The molecule has 4 nitrogen and oxygen atoms in total. The van der Waals surface area contributed by atoms with E-state index in [2.05, 4.69) is 13.8 Å². The highest BCUT2D eigenvalue weighted by molar-refractivity contribution is 5.78. The maximum absolute atomic E-state index is 11.9. The molecule has 1 saturated heterocycles. The third kappa shape index (κ3) is 3.76. The van der Waals surface area contributed by atoms with Crippen LogP contribution in [0.15, 0.2) is 0 Å². The van der Waals surface area contributed by atoms with Gasteiger partial charge in [0.1, 0.15) is 0 Å². The van der Waals surface area contributed by atoms with E-state index >= 15 is 0 Å². The van der Waals surface area contributed by atoms with Crippen molar-refractivity contribution in [1.29, 1.82) is 0 Å². The highest BCUT2D eigenvalue weighted by Crippen LogP contribution is 2.15. The maximum Gasteiger partial charge on any atom is 0.227 e. The van der Waals surface area contributed by atoms with Crippen molar-refractivity contribution in [2.75, 3.05) is 26.8 Å². The van der Waals surface area contributed by atoms with E-state index < -0.39 is 0 Å². The van der Waals surface area contributed by atoms with E-state index in [1.54, 1.807) is 4.90 Å². The van der Waals surface area contributed by atoms with Gasteiger partial charge in [0.25, 0.3) is 0 Å². The van der Waals surface area contributed by atoms with Crippen molar-refractivity contribution in [3.05, 3.63) is 0 Å². The van der Waals surface area contributed by atoms with Gasteiger partial charge in [-0.2, -0.15) is 0 Å². The summed E-state index contributed by atoms with van der Waals surface area (Å²) in [6.45, 7) is 6.26. The zero-order valence-electron chi connectivity index (χ0n) is 10.6. The van der Waals surface area contributed by atoms with E-state index in [1.165, 1.54) is 0 Å². The highest BCUT2D eigenvalue weighted by Gasteiger charge is 2.26. The molecule has 0 bridgehead atoms. The van der Waals surface area contributed by atoms with Gasteiger partial charge in [0, 0.05) is 26.2 Å². The van der Waals surface area contributed by atoms with Crippen LogP contribution in [0.3, 0.4) is 0 Å². The third-order valence-electron chi connectivity index (χ3n) is 3.31. The molecule has 2 unspecified atom stereocenters. The Balaban J connectivity index is 2.28. The minimum absolute atomic E-state index is 0.0697. The predicted molar refractivity (Wildman–Crippen MR) is 64.0 cm³/mol. The SMILES string of the molecule is CC(C)C(N)CCN(C)C(=O)C1CCOC1. The lowest BCUT2D eigenvalue weighted by Crippen LogP contribution is -2.37. The molecule has 0 aliphatic carbocycles. The van der Waals surface area contributed by atoms with Crippen molar-refractivity contribution in [3.63, 3.8) is 0 Å². The van der Waals surface area contributed by atoms with Crippen LogP contribution in [0.4, 0.5) is 0 Å². The van der Waals surface area contributed by atoms with Crippen LogP contribution in [-0.4, -0.2) is 43.7 Å². The van der Waals surface area contributed by atoms with E-state index in [1.807, 2.05) is 7.05 Å². The molecule has 2 N–H and O–H groups in total. The van der Waals surface area contributed by atoms with Crippen LogP contribution in [0.2, 0.25) is 0 Å². The molecule has 1 aliphatic heterocycles. The van der Waals surface area contributed by atoms with E-state index in [4.69, 9.17) is 10.5 Å². The molecule has 0 aromatic heterocycles. The normalized spacial score (nSPS) is 22.4. The van der Waals surface area contributed by atoms with Gasteiger partial charge in [-0.15, -0.1) is 0 Å². The number of nitrogens with two attached hydrogens (primary N) is 1. The fourth-order valence-corrected chi connectivity index (χ4v) is 1.83. The minimum atomic E-state index is 0.0697. The molecule has 0 radical (unpaired) electrons. The molecule has 94 valence electrons. The van der Waals surface area contributed by atoms with Gasteiger partial charge in [-0.25, -0.2) is 0 Å². The average Bonchev–Trinajstić information content (AvgIpc) is 2.77. The maximum atomic E-state index is 11.9. The Morgan fingerprint density at radius 1 is 1.56 bits per heavy atom. The Morgan fingerprint density at radius 2 is 2.25 bits per heavy atom. The second-order valence-corrected chi connectivity index (χ2v) is 5.02. The van der Waals surface area contributed by atoms with E-state index in [-0.39, 0.29) is 17.9 Å². The monoisotopic (exact) mass is 228 g/mol. The lowest BCUT2D eigenvalue weighted by atomic mass is 10.0. The van der Waals surface area contributed by atoms with Crippen LogP contribution in [0.25, 0.3) is 0 Å². The number of rotatable bonds is 5. The molecule has 1 aliphatic rings. The average molecular weight is 228 g/mol. The van der Waals surface area contributed by atoms with Crippen molar-refractivity contribution in [1.82, 2.24) is 4.90 Å². The first-order valence-corrected chi connectivity index (χ1v) is 6.10. The Bertz CT molecular complexity index is 225. The first kappa shape index (κ1) is 13.5. The van der Waals surface area contributed by atoms with Crippen molar-refractivity contribution < 1.29 is 9.53 Å². The summed E-state index contributed by atoms with van der Waals surface area (Å²) >= 11 is 0. The predicted octanol–water partition coefficient (Wildman–Crippen LogP) is 0.855. The summed E-state index contributed by atoms with van der Waals surface area (Å²) < 4.78 is 5.22. The second-order valence-electron chi connectivity index (χ2n) is 5.02. The van der Waals surface area contributed by atoms with Gasteiger partial charge in [-0.05, 0) is 18.8 Å². The smallest absolute Gasteiger partial charge is 0.227 e. The van der Waals surface area contributed by atoms with Gasteiger partial charge < -0.3 is 15.4 Å². The van der Waals surface area contributed by atoms with Gasteiger partial charge in [0.2, 0.25) is 5.91 Å². The van der Waals surface area contributed by atoms with Gasteiger partial charge >= 0.3 is 0 Å². The second kappa shape index (κ2) is 6.21. The van der Waals surface area contributed by atoms with Gasteiger partial charge in [0.15, 0.2) is 0 Å². The molecule has 2 atom stereocenters. The summed E-state index contributed by atoms with van der Waals surface area (Å²) in [5.74, 6) is 0.743. The third-order valence-corrected chi connectivity index (χ3v) is 3.31. The van der Waals surface area contributed by atoms with Gasteiger partial charge in [0.05, 0.1) is 12.5 Å². The Morgan fingerprint density at radius 3 is 2.75 bits per heavy atom. The topological polar surface area (TPSA) is 55.6 Å². The molecule has 1 amide bonds. The molecule has 1 rings (SSSR count). The molecule has 0 spiro atoms. The van der Waals surface area contributed by atoms with Crippen molar-refractivity contribution in [3.8, 4) is 0 Å². The van der Waals surface area contributed by atoms with Crippen LogP contribution >= 0.6 is 0 Å². The van der Waals surface area contributed by atoms with Crippen LogP contribution in [-0.2, 0) is 9.53 Å². The van der Waals surface area contributed by atoms with Crippen LogP contribution in [0, 0.1) is 11.8 Å². The van der Waals surface area contributed by atoms with Crippen LogP contribution < -0.4 is 5.73 Å². The number of nitrogens with zero attached hydrogens (tertiary/aromatic N) is 1. The Hall–Kier alpha value is -0.610. The summed E-state index contributed by atoms with van der Waals surface area (Å²) in [5.41, 5.74) is 5.96. The molecule has 0 saturated carbocycles. The summed E-state index contributed by atoms with van der Waals surface area (Å²) in [4.78, 5) is 13.7. The molecular formula is C12H24N2O2. The summed E-state index contributed by atoms with van der Waals surface area (Å²) in [5, 5.41) is 0. The summed E-state index contributed by atoms with van der Waals surface area (Å²) in [6, 6.07) is 0.176. The first-order chi connectivity index (χ1) is 7.52. The first-order valence-electron chi connectivity index (χ1n) is 6.10. The largest absolute Gasteiger partial charge is 0.381 e. The van der Waals surface area contributed by atoms with Gasteiger partial charge in [-0.3, -0.25) is 4.79 Å². The fraction of sp³-hybridized carbons (Fsp3) is 0.917. The van der Waals surface area contributed by atoms with Crippen molar-refractivity contribution in [2.45, 2.75) is 32.7 Å². The Labute approximate surface area is 98.1 Å². The number of carbonyl (C=O) groups is 1. The molecule has 16 heavy (non-hydrogen) atoms. The number of hydrogen-bond acceptors (Lipinski definition) is 3. The number of ether oxygens (including phenoxy) is 1. The van der Waals surface area contributed by atoms with Crippen molar-refractivity contribution >= 4 is 5.91 Å². The fourth-order valence-electron chi connectivity index (χ4n) is 1.83. The van der Waals surface area contributed by atoms with Crippen molar-refractivity contribution in [2.24, 2.45) is 17.6 Å². The molecule has 4 heteroatoms. The summed E-state index contributed by atoms with van der Waals surface area (Å²) in [7, 11) is 1.85. The molecule has 1 heterocycles. The number of hydrogen-bond donors (Lipinski definition) is 1. The van der Waals surface area contributed by atoms with Crippen LogP contribution in [0.1, 0.15) is 26.7 Å². The molecular weight excluding hydrogens is 204 g/mol. The van der Waals surface area contributed by atoms with E-state index in [0.29, 0.717) is 12.5 Å². The van der Waals surface area contributed by atoms with E-state index in [9.17, 15) is 4.79 Å². The summed E-state index contributed by atoms with van der Waals surface area (Å²) in [6.07, 6.45) is 1.73. The minimum Gasteiger partial charge on any atom is -0.381 e. The highest BCUT2D eigenvalue weighted by atomic mass is 16.5. The molecule has 0 aromatic carbocycles. The molecule has 1 fully saturated rings. The quantitative estimate of drug-likeness (QED) is 0.759. The number of carbonyl (C=O) groups excluding carboxylic acids is 1. The lowest BCUT2D eigenvalue weighted by Gasteiger charge is -2.23. The zero-order chi connectivity index (χ0) is 12.1. The zero-order valence-corrected chi connectivity index (χ0v) is 10.6. The molecule has 0 aromatic rings. The van der Waals surface area contributed by atoms with E-state index in [0.717, 1.165) is 26.0 Å². The van der Waals surface area contributed by atoms with Crippen LogP contribution in [0.5, 0.6) is 0 Å². The standard InChI is InChI=1S/C12H24N2O2/c1-9(2)11(13)4-6-14(3)12(15)10-5-7-16-8-10/h9-11H,4-8,13H2,1-3H3. The Kier molecular flexibility index (Phi) is 5.22. The van der Waals surface area contributed by atoms with Gasteiger partial charge in [-0.1, -0.05) is 13.8 Å². The number of amides is 1.